The number of hydrogen-bond donors (Lipinski definition) is 1. The van der Waals surface area contributed by atoms with Gasteiger partial charge in [-0.3, -0.25) is 14.6 Å². The number of amides is 2. The first kappa shape index (κ1) is 17.7. The number of benzene rings is 1. The van der Waals surface area contributed by atoms with Gasteiger partial charge in [-0.1, -0.05) is 13.0 Å². The molecule has 1 aliphatic heterocycles. The molecule has 2 heterocycles. The van der Waals surface area contributed by atoms with Crippen LogP contribution in [0.15, 0.2) is 30.6 Å². The molecular weight excluding hydrogens is 338 g/mol. The molecule has 1 aliphatic carbocycles. The molecule has 1 aromatic heterocycles. The van der Waals surface area contributed by atoms with E-state index in [9.17, 15) is 9.59 Å². The maximum atomic E-state index is 11.9. The first-order chi connectivity index (χ1) is 13.1. The summed E-state index contributed by atoms with van der Waals surface area (Å²) in [5.41, 5.74) is 6.93. The Labute approximate surface area is 159 Å². The second-order valence-corrected chi connectivity index (χ2v) is 7.42. The Morgan fingerprint density at radius 2 is 2.11 bits per heavy atom. The lowest BCUT2D eigenvalue weighted by Gasteiger charge is -2.29. The quantitative estimate of drug-likeness (QED) is 0.907. The van der Waals surface area contributed by atoms with E-state index in [-0.39, 0.29) is 17.9 Å². The molecule has 4 rings (SSSR count). The monoisotopic (exact) mass is 363 g/mol. The van der Waals surface area contributed by atoms with E-state index in [1.807, 2.05) is 32.4 Å². The zero-order valence-electron chi connectivity index (χ0n) is 15.9. The summed E-state index contributed by atoms with van der Waals surface area (Å²) in [5.74, 6) is 0.253. The van der Waals surface area contributed by atoms with Crippen LogP contribution >= 0.6 is 0 Å². The molecule has 1 atom stereocenters. The SMILES string of the molecule is CCC(=O)NC1CCCc2c(-c3ccc4c(c3)CCC(=O)N4C)cncc21. The standard InChI is InChI=1S/C22H25N3O2/c1-3-21(26)24-19-6-4-5-16-17(12-23-13-18(16)19)14-7-9-20-15(11-14)8-10-22(27)25(20)2/h7,9,11-13,19H,3-6,8,10H2,1-2H3,(H,24,26). The van der Waals surface area contributed by atoms with E-state index >= 15 is 0 Å². The average Bonchev–Trinajstić information content (AvgIpc) is 2.70. The molecule has 5 nitrogen and oxygen atoms in total. The Morgan fingerprint density at radius 3 is 2.93 bits per heavy atom. The summed E-state index contributed by atoms with van der Waals surface area (Å²) >= 11 is 0. The number of aromatic nitrogens is 1. The van der Waals surface area contributed by atoms with E-state index in [4.69, 9.17) is 0 Å². The van der Waals surface area contributed by atoms with Crippen LogP contribution < -0.4 is 10.2 Å². The Bertz CT molecular complexity index is 906. The summed E-state index contributed by atoms with van der Waals surface area (Å²) in [7, 11) is 1.84. The number of hydrogen-bond acceptors (Lipinski definition) is 3. The minimum atomic E-state index is 0.0510. The molecule has 27 heavy (non-hydrogen) atoms. The van der Waals surface area contributed by atoms with E-state index in [0.717, 1.165) is 48.1 Å². The third-order valence-corrected chi connectivity index (χ3v) is 5.78. The topological polar surface area (TPSA) is 62.3 Å². The molecule has 5 heteroatoms. The van der Waals surface area contributed by atoms with Gasteiger partial charge in [0.25, 0.3) is 0 Å². The van der Waals surface area contributed by atoms with Gasteiger partial charge in [0.05, 0.1) is 6.04 Å². The van der Waals surface area contributed by atoms with Crippen molar-refractivity contribution in [1.29, 1.82) is 0 Å². The fourth-order valence-corrected chi connectivity index (χ4v) is 4.24. The molecular formula is C22H25N3O2. The average molecular weight is 363 g/mol. The number of anilines is 1. The van der Waals surface area contributed by atoms with Crippen molar-refractivity contribution in [3.8, 4) is 11.1 Å². The zero-order valence-corrected chi connectivity index (χ0v) is 15.9. The summed E-state index contributed by atoms with van der Waals surface area (Å²) in [6.07, 6.45) is 8.69. The summed E-state index contributed by atoms with van der Waals surface area (Å²) in [4.78, 5) is 30.1. The molecule has 0 bridgehead atoms. The van der Waals surface area contributed by atoms with E-state index in [0.29, 0.717) is 12.8 Å². The van der Waals surface area contributed by atoms with Gasteiger partial charge in [-0.25, -0.2) is 0 Å². The van der Waals surface area contributed by atoms with E-state index in [1.165, 1.54) is 11.1 Å². The Hall–Kier alpha value is -2.69. The number of carbonyl (C=O) groups excluding carboxylic acids is 2. The third kappa shape index (κ3) is 3.22. The van der Waals surface area contributed by atoms with Crippen LogP contribution in [0.25, 0.3) is 11.1 Å². The van der Waals surface area contributed by atoms with Crippen molar-refractivity contribution >= 4 is 17.5 Å². The van der Waals surface area contributed by atoms with Crippen molar-refractivity contribution in [3.05, 3.63) is 47.3 Å². The molecule has 140 valence electrons. The van der Waals surface area contributed by atoms with Gasteiger partial charge in [0.15, 0.2) is 0 Å². The lowest BCUT2D eigenvalue weighted by molar-refractivity contribution is -0.121. The lowest BCUT2D eigenvalue weighted by atomic mass is 9.84. The van der Waals surface area contributed by atoms with Gasteiger partial charge in [0.2, 0.25) is 11.8 Å². The van der Waals surface area contributed by atoms with E-state index in [2.05, 4.69) is 22.4 Å². The first-order valence-corrected chi connectivity index (χ1v) is 9.74. The number of nitrogens with one attached hydrogen (secondary N) is 1. The maximum absolute atomic E-state index is 11.9. The van der Waals surface area contributed by atoms with Crippen LogP contribution in [0.4, 0.5) is 5.69 Å². The zero-order chi connectivity index (χ0) is 19.0. The lowest BCUT2D eigenvalue weighted by Crippen LogP contribution is -2.31. The van der Waals surface area contributed by atoms with Crippen molar-refractivity contribution in [1.82, 2.24) is 10.3 Å². The second-order valence-electron chi connectivity index (χ2n) is 7.42. The van der Waals surface area contributed by atoms with Crippen molar-refractivity contribution in [3.63, 3.8) is 0 Å². The van der Waals surface area contributed by atoms with Crippen molar-refractivity contribution in [2.45, 2.75) is 51.5 Å². The van der Waals surface area contributed by atoms with Crippen LogP contribution in [-0.4, -0.2) is 23.8 Å². The first-order valence-electron chi connectivity index (χ1n) is 9.74. The fourth-order valence-electron chi connectivity index (χ4n) is 4.24. The number of rotatable bonds is 3. The summed E-state index contributed by atoms with van der Waals surface area (Å²) in [6.45, 7) is 1.88. The molecule has 2 aliphatic rings. The molecule has 1 aromatic carbocycles. The van der Waals surface area contributed by atoms with E-state index < -0.39 is 0 Å². The molecule has 0 spiro atoms. The van der Waals surface area contributed by atoms with Gasteiger partial charge in [-0.15, -0.1) is 0 Å². The van der Waals surface area contributed by atoms with Crippen LogP contribution in [0.5, 0.6) is 0 Å². The predicted octanol–water partition coefficient (Wildman–Crippen LogP) is 3.56. The summed E-state index contributed by atoms with van der Waals surface area (Å²) in [5, 5.41) is 3.14. The molecule has 1 unspecified atom stereocenters. The molecule has 2 aromatic rings. The summed E-state index contributed by atoms with van der Waals surface area (Å²) in [6, 6.07) is 6.37. The normalized spacial score (nSPS) is 18.7. The molecule has 1 N–H and O–H groups in total. The number of carbonyl (C=O) groups is 2. The Balaban J connectivity index is 1.73. The minimum Gasteiger partial charge on any atom is -0.349 e. The van der Waals surface area contributed by atoms with Crippen LogP contribution in [0.2, 0.25) is 0 Å². The van der Waals surface area contributed by atoms with Crippen molar-refractivity contribution in [2.75, 3.05) is 11.9 Å². The van der Waals surface area contributed by atoms with Crippen LogP contribution in [0.1, 0.15) is 55.3 Å². The molecule has 0 fully saturated rings. The minimum absolute atomic E-state index is 0.0510. The molecule has 2 amide bonds. The van der Waals surface area contributed by atoms with Gasteiger partial charge >= 0.3 is 0 Å². The van der Waals surface area contributed by atoms with Crippen molar-refractivity contribution < 1.29 is 9.59 Å². The number of nitrogens with zero attached hydrogens (tertiary/aromatic N) is 2. The van der Waals surface area contributed by atoms with Crippen LogP contribution in [-0.2, 0) is 22.4 Å². The van der Waals surface area contributed by atoms with E-state index in [1.54, 1.807) is 4.90 Å². The molecule has 0 saturated heterocycles. The Morgan fingerprint density at radius 1 is 1.26 bits per heavy atom. The number of fused-ring (bicyclic) bond motifs is 2. The van der Waals surface area contributed by atoms with Crippen LogP contribution in [0, 0.1) is 0 Å². The maximum Gasteiger partial charge on any atom is 0.227 e. The number of pyridine rings is 1. The highest BCUT2D eigenvalue weighted by atomic mass is 16.2. The highest BCUT2D eigenvalue weighted by Gasteiger charge is 2.25. The largest absolute Gasteiger partial charge is 0.349 e. The van der Waals surface area contributed by atoms with Gasteiger partial charge in [0, 0.05) is 43.5 Å². The van der Waals surface area contributed by atoms with Crippen LogP contribution in [0.3, 0.4) is 0 Å². The molecule has 0 radical (unpaired) electrons. The van der Waals surface area contributed by atoms with Gasteiger partial charge in [-0.2, -0.15) is 0 Å². The highest BCUT2D eigenvalue weighted by Crippen LogP contribution is 2.37. The smallest absolute Gasteiger partial charge is 0.227 e. The van der Waals surface area contributed by atoms with Gasteiger partial charge in [-0.05, 0) is 60.1 Å². The highest BCUT2D eigenvalue weighted by molar-refractivity contribution is 5.96. The Kier molecular flexibility index (Phi) is 4.68. The van der Waals surface area contributed by atoms with Gasteiger partial charge < -0.3 is 10.2 Å². The number of aryl methyl sites for hydroxylation is 1. The predicted molar refractivity (Wildman–Crippen MR) is 106 cm³/mol. The molecule has 0 saturated carbocycles. The third-order valence-electron chi connectivity index (χ3n) is 5.78. The fraction of sp³-hybridized carbons (Fsp3) is 0.409. The summed E-state index contributed by atoms with van der Waals surface area (Å²) < 4.78 is 0. The van der Waals surface area contributed by atoms with Gasteiger partial charge in [0.1, 0.15) is 0 Å². The van der Waals surface area contributed by atoms with Crippen molar-refractivity contribution in [2.24, 2.45) is 0 Å². The second kappa shape index (κ2) is 7.14.